The molecule has 4 heterocycles. The summed E-state index contributed by atoms with van der Waals surface area (Å²) in [6.07, 6.45) is 5.37. The molecule has 2 atom stereocenters. The van der Waals surface area contributed by atoms with Gasteiger partial charge in [-0.3, -0.25) is 9.89 Å². The number of likely N-dealkylation sites (tertiary alicyclic amines) is 1. The molecule has 2 fully saturated rings. The second kappa shape index (κ2) is 6.53. The molecule has 2 aromatic heterocycles. The smallest absolute Gasteiger partial charge is 0.274 e. The van der Waals surface area contributed by atoms with Crippen LogP contribution in [-0.4, -0.2) is 62.7 Å². The third-order valence-corrected chi connectivity index (χ3v) is 6.09. The second-order valence-corrected chi connectivity index (χ2v) is 7.93. The minimum Gasteiger partial charge on any atom is -0.341 e. The number of H-pyrrole nitrogens is 1. The van der Waals surface area contributed by atoms with E-state index in [1.165, 1.54) is 10.9 Å². The molecule has 0 radical (unpaired) electrons. The zero-order chi connectivity index (χ0) is 18.4. The molecule has 1 amide bonds. The van der Waals surface area contributed by atoms with E-state index in [1.54, 1.807) is 0 Å². The highest BCUT2D eigenvalue weighted by Gasteiger charge is 2.40. The van der Waals surface area contributed by atoms with Crippen LogP contribution >= 0.6 is 0 Å². The third kappa shape index (κ3) is 2.94. The third-order valence-electron chi connectivity index (χ3n) is 6.09. The van der Waals surface area contributed by atoms with Crippen molar-refractivity contribution in [1.29, 1.82) is 0 Å². The maximum absolute atomic E-state index is 13.2. The van der Waals surface area contributed by atoms with Gasteiger partial charge in [0.2, 0.25) is 0 Å². The molecule has 0 unspecified atom stereocenters. The number of hydrogen-bond donors (Lipinski definition) is 1. The van der Waals surface area contributed by atoms with Crippen molar-refractivity contribution in [2.24, 2.45) is 0 Å². The molecule has 140 valence electrons. The Kier molecular flexibility index (Phi) is 4.01. The van der Waals surface area contributed by atoms with E-state index in [1.807, 2.05) is 18.2 Å². The molecule has 6 heteroatoms. The summed E-state index contributed by atoms with van der Waals surface area (Å²) in [6.45, 7) is 2.72. The van der Waals surface area contributed by atoms with Gasteiger partial charge in [-0.15, -0.1) is 0 Å². The summed E-state index contributed by atoms with van der Waals surface area (Å²) in [5.41, 5.74) is 2.69. The van der Waals surface area contributed by atoms with Crippen LogP contribution < -0.4 is 0 Å². The van der Waals surface area contributed by atoms with Crippen LogP contribution in [0.1, 0.15) is 35.4 Å². The summed E-state index contributed by atoms with van der Waals surface area (Å²) in [5, 5.41) is 8.65. The Morgan fingerprint density at radius 3 is 2.96 bits per heavy atom. The lowest BCUT2D eigenvalue weighted by Crippen LogP contribution is -2.42. The number of hydrogen-bond acceptors (Lipinski definition) is 3. The lowest BCUT2D eigenvalue weighted by Gasteiger charge is -2.27. The van der Waals surface area contributed by atoms with Gasteiger partial charge in [-0.1, -0.05) is 18.2 Å². The van der Waals surface area contributed by atoms with E-state index in [2.05, 4.69) is 56.0 Å². The summed E-state index contributed by atoms with van der Waals surface area (Å²) in [6, 6.07) is 13.0. The van der Waals surface area contributed by atoms with Crippen LogP contribution in [0.15, 0.2) is 42.6 Å². The Balaban J connectivity index is 1.36. The molecule has 2 aliphatic rings. The van der Waals surface area contributed by atoms with Gasteiger partial charge < -0.3 is 14.4 Å². The van der Waals surface area contributed by atoms with Crippen LogP contribution in [-0.2, 0) is 6.54 Å². The quantitative estimate of drug-likeness (QED) is 0.778. The van der Waals surface area contributed by atoms with Crippen LogP contribution in [0.5, 0.6) is 0 Å². The summed E-state index contributed by atoms with van der Waals surface area (Å²) < 4.78 is 2.18. The summed E-state index contributed by atoms with van der Waals surface area (Å²) >= 11 is 0. The molecule has 3 aromatic rings. The lowest BCUT2D eigenvalue weighted by atomic mass is 10.1. The summed E-state index contributed by atoms with van der Waals surface area (Å²) in [4.78, 5) is 17.6. The van der Waals surface area contributed by atoms with Gasteiger partial charge in [-0.05, 0) is 56.4 Å². The molecule has 0 aliphatic carbocycles. The van der Waals surface area contributed by atoms with Crippen molar-refractivity contribution in [3.05, 3.63) is 54.0 Å². The first kappa shape index (κ1) is 16.6. The van der Waals surface area contributed by atoms with Gasteiger partial charge in [0.15, 0.2) is 0 Å². The average molecular weight is 363 g/mol. The highest BCUT2D eigenvalue weighted by molar-refractivity contribution is 5.93. The number of likely N-dealkylation sites (N-methyl/N-ethyl adjacent to an activating group) is 1. The molecule has 2 aliphatic heterocycles. The van der Waals surface area contributed by atoms with Crippen LogP contribution in [0.4, 0.5) is 0 Å². The van der Waals surface area contributed by atoms with Gasteiger partial charge in [0.1, 0.15) is 5.69 Å². The molecule has 2 bridgehead atoms. The number of para-hydroxylation sites is 1. The van der Waals surface area contributed by atoms with E-state index in [0.29, 0.717) is 24.3 Å². The van der Waals surface area contributed by atoms with Crippen LogP contribution in [0, 0.1) is 0 Å². The van der Waals surface area contributed by atoms with E-state index in [9.17, 15) is 4.79 Å². The Bertz CT molecular complexity index is 974. The van der Waals surface area contributed by atoms with Crippen molar-refractivity contribution in [1.82, 2.24) is 24.6 Å². The molecule has 6 nitrogen and oxygen atoms in total. The fraction of sp³-hybridized carbons (Fsp3) is 0.429. The topological polar surface area (TPSA) is 57.2 Å². The Morgan fingerprint density at radius 2 is 2.04 bits per heavy atom. The first-order chi connectivity index (χ1) is 13.2. The maximum Gasteiger partial charge on any atom is 0.274 e. The number of amides is 1. The molecule has 1 N–H and O–H groups in total. The van der Waals surface area contributed by atoms with Crippen LogP contribution in [0.2, 0.25) is 0 Å². The highest BCUT2D eigenvalue weighted by Crippen LogP contribution is 2.31. The number of fused-ring (bicyclic) bond motifs is 3. The normalized spacial score (nSPS) is 23.1. The first-order valence-corrected chi connectivity index (χ1v) is 9.78. The average Bonchev–Trinajstić information content (AvgIpc) is 3.36. The number of benzene rings is 1. The van der Waals surface area contributed by atoms with Crippen molar-refractivity contribution in [2.75, 3.05) is 20.1 Å². The minimum absolute atomic E-state index is 0.0812. The Labute approximate surface area is 158 Å². The number of carbonyl (C=O) groups excluding carboxylic acids is 1. The van der Waals surface area contributed by atoms with Gasteiger partial charge >= 0.3 is 0 Å². The fourth-order valence-electron chi connectivity index (χ4n) is 4.72. The predicted octanol–water partition coefficient (Wildman–Crippen LogP) is 2.72. The largest absolute Gasteiger partial charge is 0.341 e. The maximum atomic E-state index is 13.2. The molecule has 0 spiro atoms. The molecule has 27 heavy (non-hydrogen) atoms. The zero-order valence-electron chi connectivity index (χ0n) is 15.6. The zero-order valence-corrected chi connectivity index (χ0v) is 15.6. The number of aromatic nitrogens is 3. The van der Waals surface area contributed by atoms with Crippen LogP contribution in [0.3, 0.4) is 0 Å². The van der Waals surface area contributed by atoms with Crippen molar-refractivity contribution >= 4 is 16.8 Å². The molecule has 0 saturated carbocycles. The van der Waals surface area contributed by atoms with Crippen molar-refractivity contribution in [2.45, 2.75) is 37.9 Å². The SMILES string of the molecule is CN1CC[C@H]2CC[C@@H](C1)N2C(=O)c1cc(Cn2ccc3ccccc32)[nH]n1. The van der Waals surface area contributed by atoms with E-state index in [4.69, 9.17) is 0 Å². The number of aromatic amines is 1. The van der Waals surface area contributed by atoms with Gasteiger partial charge in [0.05, 0.1) is 12.2 Å². The van der Waals surface area contributed by atoms with Gasteiger partial charge in [-0.2, -0.15) is 5.10 Å². The number of carbonyl (C=O) groups is 1. The van der Waals surface area contributed by atoms with Gasteiger partial charge in [-0.25, -0.2) is 0 Å². The fourth-order valence-corrected chi connectivity index (χ4v) is 4.72. The Hall–Kier alpha value is -2.60. The predicted molar refractivity (Wildman–Crippen MR) is 105 cm³/mol. The standard InChI is InChI=1S/C21H25N5O/c1-24-10-9-17-6-7-18(14-24)26(17)21(27)19-12-16(22-23-19)13-25-11-8-15-4-2-3-5-20(15)25/h2-5,8,11-12,17-18H,6-7,9-10,13-14H2,1H3,(H,22,23)/t17-,18+/m1/s1. The van der Waals surface area contributed by atoms with Crippen molar-refractivity contribution in [3.63, 3.8) is 0 Å². The van der Waals surface area contributed by atoms with E-state index in [-0.39, 0.29) is 5.91 Å². The van der Waals surface area contributed by atoms with Crippen LogP contribution in [0.25, 0.3) is 10.9 Å². The summed E-state index contributed by atoms with van der Waals surface area (Å²) in [7, 11) is 2.15. The van der Waals surface area contributed by atoms with Gasteiger partial charge in [0.25, 0.3) is 5.91 Å². The number of nitrogens with zero attached hydrogens (tertiary/aromatic N) is 4. The number of rotatable bonds is 3. The lowest BCUT2D eigenvalue weighted by molar-refractivity contribution is 0.0667. The van der Waals surface area contributed by atoms with Crippen molar-refractivity contribution in [3.8, 4) is 0 Å². The molecule has 2 saturated heterocycles. The summed E-state index contributed by atoms with van der Waals surface area (Å²) in [5.74, 6) is 0.0812. The molecule has 5 rings (SSSR count). The van der Waals surface area contributed by atoms with Crippen molar-refractivity contribution < 1.29 is 4.79 Å². The van der Waals surface area contributed by atoms with E-state index < -0.39 is 0 Å². The van der Waals surface area contributed by atoms with Gasteiger partial charge in [0, 0.05) is 30.3 Å². The van der Waals surface area contributed by atoms with E-state index in [0.717, 1.165) is 38.0 Å². The highest BCUT2D eigenvalue weighted by atomic mass is 16.2. The molecular formula is C21H25N5O. The first-order valence-electron chi connectivity index (χ1n) is 9.78. The minimum atomic E-state index is 0.0812. The second-order valence-electron chi connectivity index (χ2n) is 7.93. The Morgan fingerprint density at radius 1 is 1.19 bits per heavy atom. The molecule has 1 aromatic carbocycles. The monoisotopic (exact) mass is 363 g/mol. The van der Waals surface area contributed by atoms with E-state index >= 15 is 0 Å². The molecular weight excluding hydrogens is 338 g/mol. The number of nitrogens with one attached hydrogen (secondary N) is 1.